The highest BCUT2D eigenvalue weighted by Crippen LogP contribution is 2.47. The Labute approximate surface area is 136 Å². The van der Waals surface area contributed by atoms with Gasteiger partial charge in [0.05, 0.1) is 18.6 Å². The van der Waals surface area contributed by atoms with Gasteiger partial charge in [0.1, 0.15) is 17.3 Å². The Morgan fingerprint density at radius 1 is 1.22 bits per heavy atom. The van der Waals surface area contributed by atoms with Gasteiger partial charge in [0.25, 0.3) is 0 Å². The summed E-state index contributed by atoms with van der Waals surface area (Å²) >= 11 is 0. The molecule has 0 aliphatic heterocycles. The quantitative estimate of drug-likeness (QED) is 0.813. The number of benzene rings is 1. The van der Waals surface area contributed by atoms with E-state index in [9.17, 15) is 8.42 Å². The monoisotopic (exact) mass is 335 g/mol. The van der Waals surface area contributed by atoms with Crippen LogP contribution in [0.3, 0.4) is 0 Å². The molecular formula is C17H21NO4S. The fraction of sp³-hybridized carbons (Fsp3) is 0.412. The van der Waals surface area contributed by atoms with Crippen LogP contribution in [0.5, 0.6) is 5.75 Å². The van der Waals surface area contributed by atoms with Crippen molar-refractivity contribution >= 4 is 10.0 Å². The molecule has 1 aromatic heterocycles. The summed E-state index contributed by atoms with van der Waals surface area (Å²) in [5.74, 6) is 3.41. The van der Waals surface area contributed by atoms with Gasteiger partial charge in [0, 0.05) is 13.0 Å². The maximum absolute atomic E-state index is 12.6. The van der Waals surface area contributed by atoms with Crippen LogP contribution in [0.1, 0.15) is 30.8 Å². The van der Waals surface area contributed by atoms with Crippen LogP contribution in [0.2, 0.25) is 0 Å². The van der Waals surface area contributed by atoms with E-state index in [1.165, 1.54) is 4.31 Å². The van der Waals surface area contributed by atoms with Crippen LogP contribution in [0.25, 0.3) is 0 Å². The summed E-state index contributed by atoms with van der Waals surface area (Å²) in [7, 11) is -0.447. The molecule has 1 aliphatic carbocycles. The van der Waals surface area contributed by atoms with Gasteiger partial charge in [-0.25, -0.2) is 8.42 Å². The Morgan fingerprint density at radius 2 is 1.87 bits per heavy atom. The summed E-state index contributed by atoms with van der Waals surface area (Å²) in [4.78, 5) is 0.239. The van der Waals surface area contributed by atoms with Gasteiger partial charge in [-0.3, -0.25) is 0 Å². The summed E-state index contributed by atoms with van der Waals surface area (Å²) in [5.41, 5.74) is 0. The van der Waals surface area contributed by atoms with Crippen molar-refractivity contribution in [2.24, 2.45) is 5.92 Å². The molecule has 6 heteroatoms. The summed E-state index contributed by atoms with van der Waals surface area (Å²) in [5, 5.41) is 0. The van der Waals surface area contributed by atoms with Crippen molar-refractivity contribution in [2.75, 3.05) is 14.2 Å². The zero-order chi connectivity index (χ0) is 16.6. The molecule has 3 rings (SSSR count). The lowest BCUT2D eigenvalue weighted by Gasteiger charge is -2.16. The third kappa shape index (κ3) is 3.28. The van der Waals surface area contributed by atoms with Crippen molar-refractivity contribution in [3.05, 3.63) is 47.9 Å². The van der Waals surface area contributed by atoms with E-state index < -0.39 is 10.0 Å². The first-order valence-electron chi connectivity index (χ1n) is 7.61. The van der Waals surface area contributed by atoms with Gasteiger partial charge in [-0.2, -0.15) is 4.31 Å². The van der Waals surface area contributed by atoms with Gasteiger partial charge in [0.15, 0.2) is 0 Å². The molecule has 0 spiro atoms. The van der Waals surface area contributed by atoms with Gasteiger partial charge in [-0.1, -0.05) is 6.92 Å². The predicted molar refractivity (Wildman–Crippen MR) is 86.9 cm³/mol. The number of methoxy groups -OCH3 is 1. The Hall–Kier alpha value is -1.79. The van der Waals surface area contributed by atoms with Crippen LogP contribution in [-0.4, -0.2) is 26.9 Å². The molecule has 0 radical (unpaired) electrons. The molecule has 0 bridgehead atoms. The van der Waals surface area contributed by atoms with E-state index in [2.05, 4.69) is 6.92 Å². The fourth-order valence-corrected chi connectivity index (χ4v) is 3.77. The molecule has 5 nitrogen and oxygen atoms in total. The molecule has 0 unspecified atom stereocenters. The van der Waals surface area contributed by atoms with Crippen molar-refractivity contribution in [3.8, 4) is 5.75 Å². The Balaban J connectivity index is 1.72. The van der Waals surface area contributed by atoms with E-state index in [0.717, 1.165) is 12.2 Å². The molecule has 23 heavy (non-hydrogen) atoms. The first kappa shape index (κ1) is 16.1. The lowest BCUT2D eigenvalue weighted by atomic mass is 10.3. The predicted octanol–water partition coefficient (Wildman–Crippen LogP) is 3.23. The Kier molecular flexibility index (Phi) is 4.21. The molecule has 0 amide bonds. The number of furan rings is 1. The van der Waals surface area contributed by atoms with Crippen LogP contribution in [-0.2, 0) is 16.6 Å². The minimum atomic E-state index is -3.55. The van der Waals surface area contributed by atoms with E-state index >= 15 is 0 Å². The molecule has 0 N–H and O–H groups in total. The minimum Gasteiger partial charge on any atom is -0.497 e. The molecule has 1 aliphatic rings. The number of ether oxygens (including phenoxy) is 1. The molecule has 2 aromatic rings. The Bertz CT molecular complexity index is 779. The number of hydrogen-bond acceptors (Lipinski definition) is 4. The van der Waals surface area contributed by atoms with Crippen molar-refractivity contribution in [1.82, 2.24) is 4.31 Å². The maximum atomic E-state index is 12.6. The molecule has 1 heterocycles. The highest BCUT2D eigenvalue weighted by atomic mass is 32.2. The van der Waals surface area contributed by atoms with E-state index in [-0.39, 0.29) is 11.4 Å². The second kappa shape index (κ2) is 6.02. The second-order valence-electron chi connectivity index (χ2n) is 6.06. The first-order chi connectivity index (χ1) is 10.9. The lowest BCUT2D eigenvalue weighted by molar-refractivity contribution is 0.389. The molecule has 1 fully saturated rings. The number of nitrogens with zero attached hydrogens (tertiary/aromatic N) is 1. The largest absolute Gasteiger partial charge is 0.497 e. The van der Waals surface area contributed by atoms with Crippen LogP contribution in [0, 0.1) is 5.92 Å². The molecule has 2 atom stereocenters. The third-order valence-electron chi connectivity index (χ3n) is 4.30. The third-order valence-corrected chi connectivity index (χ3v) is 6.12. The molecular weight excluding hydrogens is 314 g/mol. The molecule has 0 saturated heterocycles. The normalized spacial score (nSPS) is 20.7. The summed E-state index contributed by atoms with van der Waals surface area (Å²) in [6, 6.07) is 10.2. The van der Waals surface area contributed by atoms with Crippen LogP contribution in [0.4, 0.5) is 0 Å². The SMILES string of the molecule is COc1ccc(S(=O)(=O)N(C)Cc2ccc([C@H]3C[C@@H]3C)o2)cc1. The molecule has 124 valence electrons. The van der Waals surface area contributed by atoms with Crippen molar-refractivity contribution in [2.45, 2.75) is 30.7 Å². The lowest BCUT2D eigenvalue weighted by Crippen LogP contribution is -2.26. The highest BCUT2D eigenvalue weighted by molar-refractivity contribution is 7.89. The number of rotatable bonds is 6. The Morgan fingerprint density at radius 3 is 2.43 bits per heavy atom. The zero-order valence-electron chi connectivity index (χ0n) is 13.5. The average molecular weight is 335 g/mol. The maximum Gasteiger partial charge on any atom is 0.243 e. The van der Waals surface area contributed by atoms with Crippen molar-refractivity contribution < 1.29 is 17.6 Å². The van der Waals surface area contributed by atoms with Crippen molar-refractivity contribution in [1.29, 1.82) is 0 Å². The van der Waals surface area contributed by atoms with Gasteiger partial charge >= 0.3 is 0 Å². The fourth-order valence-electron chi connectivity index (χ4n) is 2.63. The first-order valence-corrected chi connectivity index (χ1v) is 9.05. The van der Waals surface area contributed by atoms with Crippen LogP contribution in [0.15, 0.2) is 45.7 Å². The van der Waals surface area contributed by atoms with E-state index in [4.69, 9.17) is 9.15 Å². The summed E-state index contributed by atoms with van der Waals surface area (Å²) in [6.45, 7) is 2.41. The minimum absolute atomic E-state index is 0.218. The highest BCUT2D eigenvalue weighted by Gasteiger charge is 2.36. The summed E-state index contributed by atoms with van der Waals surface area (Å²) < 4.78 is 37.3. The number of hydrogen-bond donors (Lipinski definition) is 0. The zero-order valence-corrected chi connectivity index (χ0v) is 14.3. The number of sulfonamides is 1. The van der Waals surface area contributed by atoms with Gasteiger partial charge in [-0.05, 0) is 48.7 Å². The van der Waals surface area contributed by atoms with E-state index in [1.807, 2.05) is 12.1 Å². The van der Waals surface area contributed by atoms with Gasteiger partial charge in [0.2, 0.25) is 10.0 Å². The second-order valence-corrected chi connectivity index (χ2v) is 8.11. The van der Waals surface area contributed by atoms with Crippen LogP contribution < -0.4 is 4.74 Å². The van der Waals surface area contributed by atoms with E-state index in [0.29, 0.717) is 23.3 Å². The van der Waals surface area contributed by atoms with Crippen molar-refractivity contribution in [3.63, 3.8) is 0 Å². The van der Waals surface area contributed by atoms with Gasteiger partial charge in [-0.15, -0.1) is 0 Å². The summed E-state index contributed by atoms with van der Waals surface area (Å²) in [6.07, 6.45) is 1.15. The smallest absolute Gasteiger partial charge is 0.243 e. The topological polar surface area (TPSA) is 59.8 Å². The molecule has 1 aromatic carbocycles. The van der Waals surface area contributed by atoms with Crippen LogP contribution >= 0.6 is 0 Å². The van der Waals surface area contributed by atoms with Gasteiger partial charge < -0.3 is 9.15 Å². The standard InChI is InChI=1S/C17H21NO4S/c1-12-10-16(12)17-9-6-14(22-17)11-18(2)23(19,20)15-7-4-13(21-3)5-8-15/h4-9,12,16H,10-11H2,1-3H3/t12-,16-/m0/s1. The average Bonchev–Trinajstić information content (AvgIpc) is 3.09. The molecule has 1 saturated carbocycles. The van der Waals surface area contributed by atoms with E-state index in [1.54, 1.807) is 38.4 Å².